The van der Waals surface area contributed by atoms with E-state index in [1.807, 2.05) is 48.5 Å². The molecule has 1 amide bonds. The van der Waals surface area contributed by atoms with E-state index in [2.05, 4.69) is 26.5 Å². The highest BCUT2D eigenvalue weighted by atomic mass is 79.9. The maximum Gasteiger partial charge on any atom is 0.272 e. The number of rotatable bonds is 6. The van der Waals surface area contributed by atoms with Crippen LogP contribution in [0, 0.1) is 0 Å². The van der Waals surface area contributed by atoms with Gasteiger partial charge in [0.1, 0.15) is 12.4 Å². The smallest absolute Gasteiger partial charge is 0.272 e. The Morgan fingerprint density at radius 1 is 1.07 bits per heavy atom. The standard InChI is InChI=1S/C21H15BrCl2N2O2/c22-16-6-4-14(5-7-16)13-28-18-3-1-2-15(10-18)12-25-26-21(27)19-9-8-17(23)11-20(19)24/h1-12H,13H2,(H,26,27)/b25-12-. The van der Waals surface area contributed by atoms with Crippen molar-refractivity contribution in [2.75, 3.05) is 0 Å². The Kier molecular flexibility index (Phi) is 7.09. The molecule has 28 heavy (non-hydrogen) atoms. The molecule has 0 heterocycles. The molecule has 0 bridgehead atoms. The van der Waals surface area contributed by atoms with Crippen molar-refractivity contribution in [2.45, 2.75) is 6.61 Å². The first kappa shape index (κ1) is 20.4. The minimum absolute atomic E-state index is 0.267. The second-order valence-corrected chi connectivity index (χ2v) is 7.57. The predicted octanol–water partition coefficient (Wildman–Crippen LogP) is 6.10. The van der Waals surface area contributed by atoms with E-state index in [0.717, 1.165) is 15.6 Å². The molecule has 1 N–H and O–H groups in total. The van der Waals surface area contributed by atoms with Crippen molar-refractivity contribution in [1.29, 1.82) is 0 Å². The molecule has 0 saturated heterocycles. The van der Waals surface area contributed by atoms with Crippen LogP contribution in [0.25, 0.3) is 0 Å². The van der Waals surface area contributed by atoms with E-state index < -0.39 is 5.91 Å². The van der Waals surface area contributed by atoms with Crippen molar-refractivity contribution >= 4 is 51.3 Å². The zero-order chi connectivity index (χ0) is 19.9. The molecular formula is C21H15BrCl2N2O2. The van der Waals surface area contributed by atoms with Crippen molar-refractivity contribution < 1.29 is 9.53 Å². The van der Waals surface area contributed by atoms with E-state index in [4.69, 9.17) is 27.9 Å². The summed E-state index contributed by atoms with van der Waals surface area (Å²) in [4.78, 5) is 12.1. The Balaban J connectivity index is 1.59. The summed E-state index contributed by atoms with van der Waals surface area (Å²) in [5, 5.41) is 4.70. The van der Waals surface area contributed by atoms with Crippen LogP contribution in [0.1, 0.15) is 21.5 Å². The summed E-state index contributed by atoms with van der Waals surface area (Å²) in [7, 11) is 0. The summed E-state index contributed by atoms with van der Waals surface area (Å²) < 4.78 is 6.83. The van der Waals surface area contributed by atoms with Gasteiger partial charge >= 0.3 is 0 Å². The fourth-order valence-electron chi connectivity index (χ4n) is 2.33. The van der Waals surface area contributed by atoms with E-state index in [1.165, 1.54) is 12.3 Å². The van der Waals surface area contributed by atoms with Gasteiger partial charge in [-0.05, 0) is 53.6 Å². The molecule has 0 aliphatic rings. The lowest BCUT2D eigenvalue weighted by Gasteiger charge is -2.07. The van der Waals surface area contributed by atoms with Crippen LogP contribution in [-0.2, 0) is 6.61 Å². The Morgan fingerprint density at radius 3 is 2.61 bits per heavy atom. The van der Waals surface area contributed by atoms with Gasteiger partial charge in [0.2, 0.25) is 0 Å². The molecule has 0 fully saturated rings. The number of hydrogen-bond acceptors (Lipinski definition) is 3. The maximum atomic E-state index is 12.1. The van der Waals surface area contributed by atoms with E-state index in [1.54, 1.807) is 12.1 Å². The molecule has 0 unspecified atom stereocenters. The summed E-state index contributed by atoms with van der Waals surface area (Å²) in [6, 6.07) is 20.0. The van der Waals surface area contributed by atoms with E-state index in [-0.39, 0.29) is 5.02 Å². The molecule has 7 heteroatoms. The largest absolute Gasteiger partial charge is 0.489 e. The van der Waals surface area contributed by atoms with Gasteiger partial charge in [-0.3, -0.25) is 4.79 Å². The molecule has 0 spiro atoms. The Bertz CT molecular complexity index is 1010. The maximum absolute atomic E-state index is 12.1. The number of amides is 1. The zero-order valence-corrected chi connectivity index (χ0v) is 17.6. The van der Waals surface area contributed by atoms with Crippen molar-refractivity contribution in [2.24, 2.45) is 5.10 Å². The fourth-order valence-corrected chi connectivity index (χ4v) is 3.09. The van der Waals surface area contributed by atoms with Crippen molar-refractivity contribution in [3.05, 3.63) is 97.9 Å². The quantitative estimate of drug-likeness (QED) is 0.344. The number of halogens is 3. The number of nitrogens with one attached hydrogen (secondary N) is 1. The van der Waals surface area contributed by atoms with Crippen LogP contribution in [0.3, 0.4) is 0 Å². The third-order valence-corrected chi connectivity index (χ3v) is 4.81. The van der Waals surface area contributed by atoms with E-state index >= 15 is 0 Å². The molecule has 0 aromatic heterocycles. The minimum atomic E-state index is -0.416. The third kappa shape index (κ3) is 5.83. The van der Waals surface area contributed by atoms with Gasteiger partial charge in [-0.2, -0.15) is 5.10 Å². The summed E-state index contributed by atoms with van der Waals surface area (Å²) in [6.07, 6.45) is 1.54. The molecule has 0 atom stereocenters. The second kappa shape index (κ2) is 9.73. The van der Waals surface area contributed by atoms with Gasteiger partial charge in [0.05, 0.1) is 16.8 Å². The minimum Gasteiger partial charge on any atom is -0.489 e. The SMILES string of the molecule is O=C(N/N=C\c1cccc(OCc2ccc(Br)cc2)c1)c1ccc(Cl)cc1Cl. The Morgan fingerprint density at radius 2 is 1.86 bits per heavy atom. The van der Waals surface area contributed by atoms with Crippen molar-refractivity contribution in [3.8, 4) is 5.75 Å². The molecule has 3 aromatic carbocycles. The first-order valence-electron chi connectivity index (χ1n) is 8.27. The number of benzene rings is 3. The van der Waals surface area contributed by atoms with Crippen LogP contribution in [0.2, 0.25) is 10.0 Å². The molecule has 3 rings (SSSR count). The highest BCUT2D eigenvalue weighted by molar-refractivity contribution is 9.10. The normalized spacial score (nSPS) is 10.8. The molecule has 3 aromatic rings. The van der Waals surface area contributed by atoms with Crippen LogP contribution in [0.15, 0.2) is 76.3 Å². The van der Waals surface area contributed by atoms with Gasteiger partial charge in [0.15, 0.2) is 0 Å². The van der Waals surface area contributed by atoms with E-state index in [9.17, 15) is 4.79 Å². The first-order chi connectivity index (χ1) is 13.5. The number of hydrazone groups is 1. The lowest BCUT2D eigenvalue weighted by molar-refractivity contribution is 0.0955. The molecule has 0 aliphatic heterocycles. The molecule has 0 saturated carbocycles. The van der Waals surface area contributed by atoms with Gasteiger partial charge in [-0.15, -0.1) is 0 Å². The van der Waals surface area contributed by atoms with Gasteiger partial charge in [-0.1, -0.05) is 63.4 Å². The van der Waals surface area contributed by atoms with Crippen LogP contribution < -0.4 is 10.2 Å². The lowest BCUT2D eigenvalue weighted by atomic mass is 10.2. The number of carbonyl (C=O) groups excluding carboxylic acids is 1. The summed E-state index contributed by atoms with van der Waals surface area (Å²) in [6.45, 7) is 0.458. The summed E-state index contributed by atoms with van der Waals surface area (Å²) in [5.74, 6) is 0.291. The van der Waals surface area contributed by atoms with Crippen molar-refractivity contribution in [1.82, 2.24) is 5.43 Å². The Hall–Kier alpha value is -2.34. The van der Waals surface area contributed by atoms with Gasteiger partial charge in [-0.25, -0.2) is 5.43 Å². The fraction of sp³-hybridized carbons (Fsp3) is 0.0476. The first-order valence-corrected chi connectivity index (χ1v) is 9.82. The van der Waals surface area contributed by atoms with E-state index in [0.29, 0.717) is 22.9 Å². The van der Waals surface area contributed by atoms with Crippen LogP contribution in [0.5, 0.6) is 5.75 Å². The topological polar surface area (TPSA) is 50.7 Å². The molecular weight excluding hydrogens is 463 g/mol. The summed E-state index contributed by atoms with van der Waals surface area (Å²) in [5.41, 5.74) is 4.60. The lowest BCUT2D eigenvalue weighted by Crippen LogP contribution is -2.18. The molecule has 142 valence electrons. The predicted molar refractivity (Wildman–Crippen MR) is 116 cm³/mol. The molecule has 0 radical (unpaired) electrons. The van der Waals surface area contributed by atoms with Crippen LogP contribution >= 0.6 is 39.1 Å². The third-order valence-electron chi connectivity index (χ3n) is 3.73. The molecule has 4 nitrogen and oxygen atoms in total. The second-order valence-electron chi connectivity index (χ2n) is 5.81. The molecule has 0 aliphatic carbocycles. The number of nitrogens with zero attached hydrogens (tertiary/aromatic N) is 1. The average molecular weight is 478 g/mol. The zero-order valence-electron chi connectivity index (χ0n) is 14.5. The highest BCUT2D eigenvalue weighted by Crippen LogP contribution is 2.21. The summed E-state index contributed by atoms with van der Waals surface area (Å²) >= 11 is 15.3. The number of carbonyl (C=O) groups is 1. The van der Waals surface area contributed by atoms with Crippen LogP contribution in [-0.4, -0.2) is 12.1 Å². The monoisotopic (exact) mass is 476 g/mol. The number of hydrogen-bond donors (Lipinski definition) is 1. The van der Waals surface area contributed by atoms with Crippen molar-refractivity contribution in [3.63, 3.8) is 0 Å². The average Bonchev–Trinajstić information content (AvgIpc) is 2.68. The Labute approximate surface area is 181 Å². The van der Waals surface area contributed by atoms with Gasteiger partial charge in [0.25, 0.3) is 5.91 Å². The van der Waals surface area contributed by atoms with Gasteiger partial charge in [0, 0.05) is 9.50 Å². The number of ether oxygens (including phenoxy) is 1. The highest BCUT2D eigenvalue weighted by Gasteiger charge is 2.09. The van der Waals surface area contributed by atoms with Crippen LogP contribution in [0.4, 0.5) is 0 Å². The van der Waals surface area contributed by atoms with Gasteiger partial charge < -0.3 is 4.74 Å².